The first kappa shape index (κ1) is 16.6. The van der Waals surface area contributed by atoms with Gasteiger partial charge in [-0.2, -0.15) is 4.72 Å². The second-order valence-corrected chi connectivity index (χ2v) is 7.56. The minimum absolute atomic E-state index is 0.0850. The highest BCUT2D eigenvalue weighted by Crippen LogP contribution is 2.29. The Balaban J connectivity index is 1.91. The smallest absolute Gasteiger partial charge is 0.240 e. The lowest BCUT2D eigenvalue weighted by Gasteiger charge is -2.12. The van der Waals surface area contributed by atoms with Crippen LogP contribution in [0.25, 0.3) is 10.4 Å². The van der Waals surface area contributed by atoms with Crippen molar-refractivity contribution in [3.63, 3.8) is 0 Å². The zero-order valence-corrected chi connectivity index (χ0v) is 14.7. The standard InChI is InChI=1S/C15H15N5O2S2/c1-10-8-9-16-14(17-10)11(2)19-24(21,22)15-13(23-20-18-15)12-6-4-3-5-7-12/h3-9,11,19H,1-2H3. The maximum atomic E-state index is 12.7. The fraction of sp³-hybridized carbons (Fsp3) is 0.200. The summed E-state index contributed by atoms with van der Waals surface area (Å²) >= 11 is 1.04. The third-order valence-electron chi connectivity index (χ3n) is 3.28. The van der Waals surface area contributed by atoms with Crippen molar-refractivity contribution in [3.8, 4) is 10.4 Å². The van der Waals surface area contributed by atoms with Crippen molar-refractivity contribution in [2.24, 2.45) is 0 Å². The van der Waals surface area contributed by atoms with Crippen LogP contribution in [-0.2, 0) is 10.0 Å². The fourth-order valence-electron chi connectivity index (χ4n) is 2.14. The van der Waals surface area contributed by atoms with Crippen molar-refractivity contribution in [3.05, 3.63) is 54.1 Å². The Kier molecular flexibility index (Phi) is 4.65. The summed E-state index contributed by atoms with van der Waals surface area (Å²) in [6, 6.07) is 10.3. The highest BCUT2D eigenvalue weighted by atomic mass is 32.2. The number of benzene rings is 1. The van der Waals surface area contributed by atoms with Crippen molar-refractivity contribution in [2.75, 3.05) is 0 Å². The molecule has 124 valence electrons. The van der Waals surface area contributed by atoms with Gasteiger partial charge in [-0.1, -0.05) is 34.8 Å². The van der Waals surface area contributed by atoms with Gasteiger partial charge >= 0.3 is 0 Å². The zero-order chi connectivity index (χ0) is 17.2. The third-order valence-corrected chi connectivity index (χ3v) is 5.64. The van der Waals surface area contributed by atoms with Crippen LogP contribution >= 0.6 is 11.5 Å². The van der Waals surface area contributed by atoms with Gasteiger partial charge in [0.1, 0.15) is 5.82 Å². The van der Waals surface area contributed by atoms with Gasteiger partial charge in [0.2, 0.25) is 5.03 Å². The van der Waals surface area contributed by atoms with E-state index in [0.717, 1.165) is 22.8 Å². The Morgan fingerprint density at radius 2 is 1.92 bits per heavy atom. The van der Waals surface area contributed by atoms with Gasteiger partial charge in [-0.25, -0.2) is 18.4 Å². The summed E-state index contributed by atoms with van der Waals surface area (Å²) in [7, 11) is -3.85. The number of sulfonamides is 1. The first-order valence-electron chi connectivity index (χ1n) is 7.17. The first-order valence-corrected chi connectivity index (χ1v) is 9.42. The van der Waals surface area contributed by atoms with Crippen LogP contribution < -0.4 is 4.72 Å². The highest BCUT2D eigenvalue weighted by molar-refractivity contribution is 7.89. The minimum atomic E-state index is -3.85. The molecule has 2 aromatic heterocycles. The van der Waals surface area contributed by atoms with Crippen LogP contribution in [0.4, 0.5) is 0 Å². The molecule has 7 nitrogen and oxygen atoms in total. The van der Waals surface area contributed by atoms with Crippen LogP contribution in [0.1, 0.15) is 24.5 Å². The van der Waals surface area contributed by atoms with Crippen LogP contribution in [0.5, 0.6) is 0 Å². The third kappa shape index (κ3) is 3.48. The maximum absolute atomic E-state index is 12.7. The molecule has 0 saturated heterocycles. The summed E-state index contributed by atoms with van der Waals surface area (Å²) in [5.74, 6) is 0.406. The molecule has 1 unspecified atom stereocenters. The summed E-state index contributed by atoms with van der Waals surface area (Å²) in [5.41, 5.74) is 1.53. The Bertz CT molecular complexity index is 941. The molecule has 0 amide bonds. The van der Waals surface area contributed by atoms with Gasteiger partial charge in [0.15, 0.2) is 0 Å². The van der Waals surface area contributed by atoms with Crippen molar-refractivity contribution in [1.82, 2.24) is 24.3 Å². The summed E-state index contributed by atoms with van der Waals surface area (Å²) in [6.45, 7) is 3.51. The number of aryl methyl sites for hydroxylation is 1. The molecule has 0 saturated carbocycles. The summed E-state index contributed by atoms with van der Waals surface area (Å²) < 4.78 is 31.8. The van der Waals surface area contributed by atoms with E-state index < -0.39 is 16.1 Å². The van der Waals surface area contributed by atoms with Gasteiger partial charge in [0.25, 0.3) is 10.0 Å². The average molecular weight is 361 g/mol. The highest BCUT2D eigenvalue weighted by Gasteiger charge is 2.27. The molecule has 0 aliphatic rings. The van der Waals surface area contributed by atoms with E-state index in [1.807, 2.05) is 37.3 Å². The molecule has 1 atom stereocenters. The van der Waals surface area contributed by atoms with Crippen molar-refractivity contribution < 1.29 is 8.42 Å². The van der Waals surface area contributed by atoms with Crippen molar-refractivity contribution >= 4 is 21.6 Å². The SMILES string of the molecule is Cc1ccnc(C(C)NS(=O)(=O)c2nnsc2-c2ccccc2)n1. The van der Waals surface area contributed by atoms with Crippen LogP contribution in [0.15, 0.2) is 47.6 Å². The number of hydrogen-bond donors (Lipinski definition) is 1. The normalized spacial score (nSPS) is 12.9. The molecule has 0 spiro atoms. The second-order valence-electron chi connectivity index (χ2n) is 5.17. The molecular formula is C15H15N5O2S2. The van der Waals surface area contributed by atoms with Gasteiger partial charge < -0.3 is 0 Å². The van der Waals surface area contributed by atoms with Crippen LogP contribution in [0.2, 0.25) is 0 Å². The van der Waals surface area contributed by atoms with Crippen molar-refractivity contribution in [1.29, 1.82) is 0 Å². The lowest BCUT2D eigenvalue weighted by Crippen LogP contribution is -2.28. The van der Waals surface area contributed by atoms with E-state index >= 15 is 0 Å². The van der Waals surface area contributed by atoms with E-state index in [4.69, 9.17) is 0 Å². The molecule has 0 radical (unpaired) electrons. The van der Waals surface area contributed by atoms with Crippen LogP contribution in [-0.4, -0.2) is 28.0 Å². The van der Waals surface area contributed by atoms with Crippen LogP contribution in [0, 0.1) is 6.92 Å². The Hall–Kier alpha value is -2.23. The van der Waals surface area contributed by atoms with E-state index in [9.17, 15) is 8.42 Å². The zero-order valence-electron chi connectivity index (χ0n) is 13.0. The van der Waals surface area contributed by atoms with Gasteiger partial charge in [-0.3, -0.25) is 0 Å². The Morgan fingerprint density at radius 3 is 2.62 bits per heavy atom. The quantitative estimate of drug-likeness (QED) is 0.749. The topological polar surface area (TPSA) is 97.7 Å². The second kappa shape index (κ2) is 6.71. The lowest BCUT2D eigenvalue weighted by molar-refractivity contribution is 0.555. The lowest BCUT2D eigenvalue weighted by atomic mass is 10.2. The van der Waals surface area contributed by atoms with Crippen LogP contribution in [0.3, 0.4) is 0 Å². The molecular weight excluding hydrogens is 346 g/mol. The molecule has 2 heterocycles. The molecule has 0 fully saturated rings. The van der Waals surface area contributed by atoms with E-state index in [0.29, 0.717) is 10.7 Å². The molecule has 0 aliphatic carbocycles. The Morgan fingerprint density at radius 1 is 1.17 bits per heavy atom. The van der Waals surface area contributed by atoms with Crippen molar-refractivity contribution in [2.45, 2.75) is 24.9 Å². The molecule has 24 heavy (non-hydrogen) atoms. The molecule has 3 aromatic rings. The molecule has 1 N–H and O–H groups in total. The molecule has 3 rings (SSSR count). The molecule has 0 bridgehead atoms. The van der Waals surface area contributed by atoms with E-state index in [1.54, 1.807) is 19.2 Å². The minimum Gasteiger partial charge on any atom is -0.240 e. The summed E-state index contributed by atoms with van der Waals surface area (Å²) in [4.78, 5) is 8.86. The molecule has 1 aromatic carbocycles. The van der Waals surface area contributed by atoms with Gasteiger partial charge in [0, 0.05) is 11.9 Å². The summed E-state index contributed by atoms with van der Waals surface area (Å²) in [6.07, 6.45) is 1.60. The predicted octanol–water partition coefficient (Wildman–Crippen LogP) is 2.34. The summed E-state index contributed by atoms with van der Waals surface area (Å²) in [5, 5.41) is 3.72. The monoisotopic (exact) mass is 361 g/mol. The fourth-order valence-corrected chi connectivity index (χ4v) is 4.39. The van der Waals surface area contributed by atoms with Gasteiger partial charge in [-0.15, -0.1) is 5.10 Å². The van der Waals surface area contributed by atoms with Gasteiger partial charge in [-0.05, 0) is 37.0 Å². The number of nitrogens with zero attached hydrogens (tertiary/aromatic N) is 4. The van der Waals surface area contributed by atoms with E-state index in [2.05, 4.69) is 24.3 Å². The molecule has 9 heteroatoms. The number of rotatable bonds is 5. The maximum Gasteiger partial charge on any atom is 0.262 e. The number of aromatic nitrogens is 4. The van der Waals surface area contributed by atoms with E-state index in [1.165, 1.54) is 0 Å². The number of hydrogen-bond acceptors (Lipinski definition) is 7. The Labute approximate surface area is 144 Å². The average Bonchev–Trinajstić information content (AvgIpc) is 3.06. The number of nitrogens with one attached hydrogen (secondary N) is 1. The molecule has 0 aliphatic heterocycles. The predicted molar refractivity (Wildman–Crippen MR) is 90.9 cm³/mol. The van der Waals surface area contributed by atoms with E-state index in [-0.39, 0.29) is 5.03 Å². The largest absolute Gasteiger partial charge is 0.262 e. The van der Waals surface area contributed by atoms with Gasteiger partial charge in [0.05, 0.1) is 10.9 Å². The first-order chi connectivity index (χ1) is 11.5.